The van der Waals surface area contributed by atoms with Crippen LogP contribution in [-0.2, 0) is 19.8 Å². The number of sulfonamides is 1. The van der Waals surface area contributed by atoms with Crippen molar-refractivity contribution in [1.29, 1.82) is 0 Å². The van der Waals surface area contributed by atoms with E-state index in [1.165, 1.54) is 18.2 Å². The van der Waals surface area contributed by atoms with Crippen molar-refractivity contribution in [2.24, 2.45) is 3.77 Å². The Kier molecular flexibility index (Phi) is 8.39. The van der Waals surface area contributed by atoms with Crippen molar-refractivity contribution >= 4 is 25.5 Å². The topological polar surface area (TPSA) is 80.6 Å². The van der Waals surface area contributed by atoms with Gasteiger partial charge in [0.1, 0.15) is 0 Å². The Bertz CT molecular complexity index is 1620. The summed E-state index contributed by atoms with van der Waals surface area (Å²) in [4.78, 5) is 13.6. The molecule has 7 heteroatoms. The van der Waals surface area contributed by atoms with E-state index in [4.69, 9.17) is 0 Å². The van der Waals surface area contributed by atoms with Gasteiger partial charge in [-0.25, -0.2) is 4.21 Å². The van der Waals surface area contributed by atoms with Crippen LogP contribution in [-0.4, -0.2) is 23.7 Å². The van der Waals surface area contributed by atoms with Crippen molar-refractivity contribution in [3.8, 4) is 0 Å². The molecule has 5 nitrogen and oxygen atoms in total. The number of benzene rings is 4. The molecular weight excluding hydrogens is 514 g/mol. The molecule has 0 aliphatic rings. The average Bonchev–Trinajstić information content (AvgIpc) is 2.94. The quantitative estimate of drug-likeness (QED) is 0.162. The fraction of sp³-hybridized carbons (Fsp3) is 0.129. The first-order chi connectivity index (χ1) is 18.2. The molecule has 4 aromatic rings. The fourth-order valence-electron chi connectivity index (χ4n) is 4.35. The van der Waals surface area contributed by atoms with Crippen molar-refractivity contribution in [3.05, 3.63) is 145 Å². The van der Waals surface area contributed by atoms with Crippen LogP contribution in [0.25, 0.3) is 0 Å². The molecule has 0 saturated carbocycles. The van der Waals surface area contributed by atoms with Crippen LogP contribution in [0.3, 0.4) is 0 Å². The normalized spacial score (nSPS) is 14.6. The Hall–Kier alpha value is -3.81. The summed E-state index contributed by atoms with van der Waals surface area (Å²) in [7, 11) is -8.00. The Morgan fingerprint density at radius 2 is 1.29 bits per heavy atom. The van der Waals surface area contributed by atoms with Gasteiger partial charge < -0.3 is 0 Å². The number of hydrogen-bond acceptors (Lipinski definition) is 4. The first-order valence-corrected chi connectivity index (χ1v) is 15.2. The van der Waals surface area contributed by atoms with E-state index in [2.05, 4.69) is 10.3 Å². The summed E-state index contributed by atoms with van der Waals surface area (Å²) in [5, 5.41) is -0.986. The van der Waals surface area contributed by atoms with Gasteiger partial charge in [-0.2, -0.15) is 8.42 Å². The third-order valence-electron chi connectivity index (χ3n) is 6.34. The summed E-state index contributed by atoms with van der Waals surface area (Å²) in [5.74, 6) is -0.798. The van der Waals surface area contributed by atoms with Gasteiger partial charge in [0.15, 0.2) is 5.78 Å². The Balaban J connectivity index is 1.92. The number of Topliss-reactive ketones (excluding diaryl/α,β-unsaturated/α-hetero) is 1. The maximum Gasteiger partial charge on any atom is 0.290 e. The Labute approximate surface area is 225 Å². The van der Waals surface area contributed by atoms with E-state index in [0.717, 1.165) is 11.1 Å². The van der Waals surface area contributed by atoms with Gasteiger partial charge in [-0.3, -0.25) is 4.79 Å². The third-order valence-corrected chi connectivity index (χ3v) is 11.1. The lowest BCUT2D eigenvalue weighted by Gasteiger charge is -2.28. The molecule has 0 spiro atoms. The summed E-state index contributed by atoms with van der Waals surface area (Å²) in [6.45, 7) is 5.80. The minimum Gasteiger partial charge on any atom is -0.294 e. The van der Waals surface area contributed by atoms with Crippen LogP contribution >= 0.6 is 0 Å². The molecule has 0 bridgehead atoms. The highest BCUT2D eigenvalue weighted by molar-refractivity contribution is 8.03. The minimum atomic E-state index is -4.32. The number of rotatable bonds is 10. The predicted molar refractivity (Wildman–Crippen MR) is 152 cm³/mol. The molecule has 0 N–H and O–H groups in total. The van der Waals surface area contributed by atoms with Gasteiger partial charge in [0.05, 0.1) is 19.9 Å². The summed E-state index contributed by atoms with van der Waals surface area (Å²) in [6, 6.07) is 32.7. The van der Waals surface area contributed by atoms with E-state index < -0.39 is 30.9 Å². The van der Waals surface area contributed by atoms with E-state index in [0.29, 0.717) is 5.56 Å². The molecule has 0 aliphatic heterocycles. The van der Waals surface area contributed by atoms with Crippen LogP contribution in [0.2, 0.25) is 0 Å². The first-order valence-electron chi connectivity index (χ1n) is 12.1. The average molecular weight is 544 g/mol. The molecule has 4 aromatic carbocycles. The summed E-state index contributed by atoms with van der Waals surface area (Å²) in [6.07, 6.45) is 1.47. The Morgan fingerprint density at radius 1 is 0.763 bits per heavy atom. The largest absolute Gasteiger partial charge is 0.294 e. The van der Waals surface area contributed by atoms with Crippen LogP contribution in [0.5, 0.6) is 0 Å². The summed E-state index contributed by atoms with van der Waals surface area (Å²) in [5.41, 5.74) is 2.15. The van der Waals surface area contributed by atoms with E-state index in [-0.39, 0.29) is 22.0 Å². The van der Waals surface area contributed by atoms with Gasteiger partial charge in [-0.15, -0.1) is 10.3 Å². The second-order valence-corrected chi connectivity index (χ2v) is 13.1. The monoisotopic (exact) mass is 543 g/mol. The minimum absolute atomic E-state index is 0.00532. The molecule has 1 unspecified atom stereocenters. The van der Waals surface area contributed by atoms with E-state index >= 15 is 0 Å². The summed E-state index contributed by atoms with van der Waals surface area (Å²) < 4.78 is 46.1. The van der Waals surface area contributed by atoms with Gasteiger partial charge >= 0.3 is 0 Å². The number of ketones is 1. The van der Waals surface area contributed by atoms with Gasteiger partial charge in [0, 0.05) is 22.8 Å². The molecule has 0 aliphatic carbocycles. The standard InChI is InChI=1S/C31H29NO4S2/c1-3-31(29(25-13-7-4-8-14-25)23-30(33)26-15-9-5-10-16-26)37(34,27-17-11-6-12-18-27)32-38(35,36)28-21-19-24(2)20-22-28/h3-22,29,31H,1,23H2,2H3/t29-,31+,37?/m0/s1. The van der Waals surface area contributed by atoms with Crippen LogP contribution in [0.1, 0.15) is 33.8 Å². The Morgan fingerprint density at radius 3 is 1.84 bits per heavy atom. The van der Waals surface area contributed by atoms with Gasteiger partial charge in [-0.1, -0.05) is 103 Å². The second kappa shape index (κ2) is 11.7. The highest BCUT2D eigenvalue weighted by Crippen LogP contribution is 2.36. The lowest BCUT2D eigenvalue weighted by molar-refractivity contribution is 0.0974. The predicted octanol–water partition coefficient (Wildman–Crippen LogP) is 6.82. The van der Waals surface area contributed by atoms with Crippen LogP contribution < -0.4 is 0 Å². The highest BCUT2D eigenvalue weighted by atomic mass is 32.3. The smallest absolute Gasteiger partial charge is 0.290 e. The van der Waals surface area contributed by atoms with Gasteiger partial charge in [-0.05, 0) is 36.8 Å². The molecule has 0 amide bonds. The van der Waals surface area contributed by atoms with Crippen molar-refractivity contribution in [2.45, 2.75) is 34.3 Å². The number of aryl methyl sites for hydroxylation is 1. The lowest BCUT2D eigenvalue weighted by Crippen LogP contribution is -2.29. The lowest BCUT2D eigenvalue weighted by atomic mass is 9.88. The van der Waals surface area contributed by atoms with Crippen LogP contribution in [0.15, 0.2) is 141 Å². The number of carbonyl (C=O) groups excluding carboxylic acids is 1. The van der Waals surface area contributed by atoms with Crippen LogP contribution in [0, 0.1) is 6.92 Å². The zero-order chi connectivity index (χ0) is 27.2. The van der Waals surface area contributed by atoms with Gasteiger partial charge in [0.2, 0.25) is 0 Å². The molecule has 3 atom stereocenters. The zero-order valence-electron chi connectivity index (χ0n) is 21.0. The van der Waals surface area contributed by atoms with E-state index in [1.54, 1.807) is 66.7 Å². The van der Waals surface area contributed by atoms with E-state index in [9.17, 15) is 17.4 Å². The molecule has 0 saturated heterocycles. The van der Waals surface area contributed by atoms with Crippen LogP contribution in [0.4, 0.5) is 0 Å². The zero-order valence-corrected chi connectivity index (χ0v) is 22.6. The molecule has 38 heavy (non-hydrogen) atoms. The summed E-state index contributed by atoms with van der Waals surface area (Å²) >= 11 is 0. The fourth-order valence-corrected chi connectivity index (χ4v) is 8.90. The molecule has 0 fully saturated rings. The maximum atomic E-state index is 15.0. The molecule has 0 heterocycles. The molecular formula is C31H29NO4S2. The highest BCUT2D eigenvalue weighted by Gasteiger charge is 2.35. The second-order valence-electron chi connectivity index (χ2n) is 8.96. The van der Waals surface area contributed by atoms with Crippen molar-refractivity contribution in [2.75, 3.05) is 0 Å². The number of nitrogens with zero attached hydrogens (tertiary/aromatic N) is 1. The third kappa shape index (κ3) is 6.01. The maximum absolute atomic E-state index is 15.0. The van der Waals surface area contributed by atoms with Crippen molar-refractivity contribution in [3.63, 3.8) is 0 Å². The van der Waals surface area contributed by atoms with Crippen molar-refractivity contribution in [1.82, 2.24) is 0 Å². The van der Waals surface area contributed by atoms with E-state index in [1.807, 2.05) is 43.3 Å². The number of hydrogen-bond donors (Lipinski definition) is 0. The SMILES string of the molecule is C=C[C@H]([C@@H](CC(=O)c1ccccc1)c1ccccc1)S(=O)(=NS(=O)(=O)c1ccc(C)cc1)c1ccccc1. The van der Waals surface area contributed by atoms with Gasteiger partial charge in [0.25, 0.3) is 10.0 Å². The molecule has 4 rings (SSSR count). The molecule has 0 aromatic heterocycles. The first kappa shape index (κ1) is 27.2. The number of carbonyl (C=O) groups is 1. The van der Waals surface area contributed by atoms with Crippen molar-refractivity contribution < 1.29 is 17.4 Å². The molecule has 0 radical (unpaired) electrons. The molecule has 194 valence electrons.